The molecule has 3 rings (SSSR count). The molecule has 2 aromatic heterocycles. The average molecular weight is 316 g/mol. The van der Waals surface area contributed by atoms with Crippen LogP contribution in [0.15, 0.2) is 18.5 Å². The molecule has 2 amide bonds. The van der Waals surface area contributed by atoms with Crippen LogP contribution in [0.3, 0.4) is 0 Å². The first-order valence-corrected chi connectivity index (χ1v) is 7.74. The molecule has 8 nitrogen and oxygen atoms in total. The zero-order chi connectivity index (χ0) is 16.4. The van der Waals surface area contributed by atoms with Crippen molar-refractivity contribution >= 4 is 23.3 Å². The zero-order valence-electron chi connectivity index (χ0n) is 13.0. The Hall–Kier alpha value is -2.64. The summed E-state index contributed by atoms with van der Waals surface area (Å²) in [4.78, 5) is 27.7. The van der Waals surface area contributed by atoms with Gasteiger partial charge in [-0.15, -0.1) is 0 Å². The number of rotatable bonds is 5. The number of fused-ring (bicyclic) bond motifs is 1. The molecular weight excluding hydrogens is 296 g/mol. The molecule has 0 radical (unpaired) electrons. The summed E-state index contributed by atoms with van der Waals surface area (Å²) in [6.07, 6.45) is 5.32. The van der Waals surface area contributed by atoms with Crippen LogP contribution in [0.4, 0.5) is 5.82 Å². The second kappa shape index (κ2) is 6.23. The lowest BCUT2D eigenvalue weighted by atomic mass is 9.80. The second-order valence-electron chi connectivity index (χ2n) is 5.82. The van der Waals surface area contributed by atoms with Crippen LogP contribution in [-0.4, -0.2) is 39.0 Å². The SMILES string of the molecule is CCC(=O)NC1CC(CNC(=O)c2cnc3ccnn3c2N)C1. The molecule has 2 aromatic rings. The molecule has 0 atom stereocenters. The van der Waals surface area contributed by atoms with Crippen LogP contribution in [0, 0.1) is 5.92 Å². The summed E-state index contributed by atoms with van der Waals surface area (Å²) in [6.45, 7) is 2.40. The van der Waals surface area contributed by atoms with Gasteiger partial charge in [0.05, 0.1) is 11.8 Å². The molecule has 0 saturated heterocycles. The highest BCUT2D eigenvalue weighted by molar-refractivity contribution is 5.98. The lowest BCUT2D eigenvalue weighted by Crippen LogP contribution is -2.47. The Labute approximate surface area is 133 Å². The fraction of sp³-hybridized carbons (Fsp3) is 0.467. The monoisotopic (exact) mass is 316 g/mol. The number of nitrogen functional groups attached to an aromatic ring is 1. The van der Waals surface area contributed by atoms with Crippen molar-refractivity contribution in [1.82, 2.24) is 25.2 Å². The fourth-order valence-electron chi connectivity index (χ4n) is 2.75. The molecule has 8 heteroatoms. The van der Waals surface area contributed by atoms with Crippen LogP contribution in [0.25, 0.3) is 5.65 Å². The Morgan fingerprint density at radius 3 is 2.96 bits per heavy atom. The molecule has 4 N–H and O–H groups in total. The largest absolute Gasteiger partial charge is 0.383 e. The van der Waals surface area contributed by atoms with E-state index in [4.69, 9.17) is 5.73 Å². The molecule has 1 aliphatic rings. The number of nitrogens with zero attached hydrogens (tertiary/aromatic N) is 3. The number of nitrogens with two attached hydrogens (primary N) is 1. The van der Waals surface area contributed by atoms with E-state index < -0.39 is 0 Å². The van der Waals surface area contributed by atoms with Crippen molar-refractivity contribution in [1.29, 1.82) is 0 Å². The summed E-state index contributed by atoms with van der Waals surface area (Å²) in [5.74, 6) is 0.472. The predicted molar refractivity (Wildman–Crippen MR) is 84.7 cm³/mol. The maximum absolute atomic E-state index is 12.2. The van der Waals surface area contributed by atoms with E-state index >= 15 is 0 Å². The quantitative estimate of drug-likeness (QED) is 0.736. The third kappa shape index (κ3) is 3.10. The predicted octanol–water partition coefficient (Wildman–Crippen LogP) is 0.346. The highest BCUT2D eigenvalue weighted by Crippen LogP contribution is 2.26. The first-order chi connectivity index (χ1) is 11.1. The summed E-state index contributed by atoms with van der Waals surface area (Å²) in [5, 5.41) is 9.86. The summed E-state index contributed by atoms with van der Waals surface area (Å²) in [5.41, 5.74) is 6.88. The number of aromatic nitrogens is 3. The Kier molecular flexibility index (Phi) is 4.14. The van der Waals surface area contributed by atoms with Crippen LogP contribution >= 0.6 is 0 Å². The Morgan fingerprint density at radius 2 is 2.22 bits per heavy atom. The summed E-state index contributed by atoms with van der Waals surface area (Å²) < 4.78 is 1.44. The van der Waals surface area contributed by atoms with Gasteiger partial charge in [0, 0.05) is 31.3 Å². The topological polar surface area (TPSA) is 114 Å². The minimum atomic E-state index is -0.256. The van der Waals surface area contributed by atoms with Gasteiger partial charge in [-0.1, -0.05) is 6.92 Å². The maximum atomic E-state index is 12.2. The molecule has 122 valence electrons. The number of hydrogen-bond acceptors (Lipinski definition) is 5. The van der Waals surface area contributed by atoms with Gasteiger partial charge in [0.15, 0.2) is 5.65 Å². The smallest absolute Gasteiger partial charge is 0.256 e. The van der Waals surface area contributed by atoms with Gasteiger partial charge in [0.25, 0.3) is 5.91 Å². The lowest BCUT2D eigenvalue weighted by Gasteiger charge is -2.35. The standard InChI is InChI=1S/C15H20N6O2/c1-2-13(22)20-10-5-9(6-10)7-18-15(23)11-8-17-12-3-4-19-21(12)14(11)16/h3-4,8-10H,2,5-7,16H2,1H3,(H,18,23)(H,20,22). The van der Waals surface area contributed by atoms with Crippen LogP contribution in [0.5, 0.6) is 0 Å². The van der Waals surface area contributed by atoms with Crippen LogP contribution in [-0.2, 0) is 4.79 Å². The first-order valence-electron chi connectivity index (χ1n) is 7.74. The van der Waals surface area contributed by atoms with Crippen molar-refractivity contribution in [3.63, 3.8) is 0 Å². The molecule has 1 fully saturated rings. The summed E-state index contributed by atoms with van der Waals surface area (Å²) in [7, 11) is 0. The van der Waals surface area contributed by atoms with E-state index in [9.17, 15) is 9.59 Å². The molecular formula is C15H20N6O2. The van der Waals surface area contributed by atoms with Crippen molar-refractivity contribution in [3.8, 4) is 0 Å². The second-order valence-corrected chi connectivity index (χ2v) is 5.82. The van der Waals surface area contributed by atoms with Gasteiger partial charge in [-0.05, 0) is 18.8 Å². The van der Waals surface area contributed by atoms with E-state index in [1.807, 2.05) is 6.92 Å². The van der Waals surface area contributed by atoms with Crippen LogP contribution in [0.1, 0.15) is 36.5 Å². The lowest BCUT2D eigenvalue weighted by molar-refractivity contribution is -0.122. The molecule has 1 saturated carbocycles. The van der Waals surface area contributed by atoms with Crippen molar-refractivity contribution in [2.45, 2.75) is 32.2 Å². The average Bonchev–Trinajstić information content (AvgIpc) is 2.98. The number of amides is 2. The van der Waals surface area contributed by atoms with E-state index in [1.54, 1.807) is 12.3 Å². The maximum Gasteiger partial charge on any atom is 0.256 e. The molecule has 1 aliphatic carbocycles. The van der Waals surface area contributed by atoms with Crippen LogP contribution in [0.2, 0.25) is 0 Å². The van der Waals surface area contributed by atoms with E-state index in [0.29, 0.717) is 30.1 Å². The van der Waals surface area contributed by atoms with E-state index in [-0.39, 0.29) is 23.7 Å². The third-order valence-corrected chi connectivity index (χ3v) is 4.17. The van der Waals surface area contributed by atoms with E-state index in [2.05, 4.69) is 20.7 Å². The third-order valence-electron chi connectivity index (χ3n) is 4.17. The number of carbonyl (C=O) groups excluding carboxylic acids is 2. The van der Waals surface area contributed by atoms with Crippen LogP contribution < -0.4 is 16.4 Å². The highest BCUT2D eigenvalue weighted by Gasteiger charge is 2.30. The fourth-order valence-corrected chi connectivity index (χ4v) is 2.75. The van der Waals surface area contributed by atoms with Gasteiger partial charge in [-0.3, -0.25) is 9.59 Å². The summed E-state index contributed by atoms with van der Waals surface area (Å²) in [6, 6.07) is 1.95. The molecule has 0 unspecified atom stereocenters. The van der Waals surface area contributed by atoms with Gasteiger partial charge in [-0.25, -0.2) is 4.98 Å². The van der Waals surface area contributed by atoms with Crippen molar-refractivity contribution in [2.24, 2.45) is 5.92 Å². The van der Waals surface area contributed by atoms with Gasteiger partial charge >= 0.3 is 0 Å². The number of nitrogens with one attached hydrogen (secondary N) is 2. The molecule has 0 aromatic carbocycles. The van der Waals surface area contributed by atoms with Gasteiger partial charge < -0.3 is 16.4 Å². The Morgan fingerprint density at radius 1 is 1.43 bits per heavy atom. The minimum Gasteiger partial charge on any atom is -0.383 e. The minimum absolute atomic E-state index is 0.0730. The van der Waals surface area contributed by atoms with Gasteiger partial charge in [0.2, 0.25) is 5.91 Å². The zero-order valence-corrected chi connectivity index (χ0v) is 13.0. The van der Waals surface area contributed by atoms with Gasteiger partial charge in [-0.2, -0.15) is 9.61 Å². The van der Waals surface area contributed by atoms with E-state index in [0.717, 1.165) is 12.8 Å². The number of hydrogen-bond donors (Lipinski definition) is 3. The van der Waals surface area contributed by atoms with Crippen molar-refractivity contribution in [3.05, 3.63) is 24.0 Å². The van der Waals surface area contributed by atoms with E-state index in [1.165, 1.54) is 10.7 Å². The Bertz CT molecular complexity index is 735. The Balaban J connectivity index is 1.52. The molecule has 0 aliphatic heterocycles. The highest BCUT2D eigenvalue weighted by atomic mass is 16.2. The van der Waals surface area contributed by atoms with Gasteiger partial charge in [0.1, 0.15) is 5.82 Å². The first kappa shape index (κ1) is 15.3. The molecule has 23 heavy (non-hydrogen) atoms. The normalized spacial score (nSPS) is 20.0. The molecule has 0 spiro atoms. The van der Waals surface area contributed by atoms with Crippen molar-refractivity contribution < 1.29 is 9.59 Å². The molecule has 0 bridgehead atoms. The summed E-state index contributed by atoms with van der Waals surface area (Å²) >= 11 is 0. The number of carbonyl (C=O) groups is 2. The molecule has 2 heterocycles. The number of anilines is 1. The van der Waals surface area contributed by atoms with Crippen molar-refractivity contribution in [2.75, 3.05) is 12.3 Å².